The Labute approximate surface area is 119 Å². The van der Waals surface area contributed by atoms with Gasteiger partial charge >= 0.3 is 0 Å². The molecule has 1 aromatic rings. The molecule has 0 spiro atoms. The molecule has 1 aliphatic heterocycles. The van der Waals surface area contributed by atoms with Crippen LogP contribution in [0.1, 0.15) is 17.3 Å². The molecule has 0 unspecified atom stereocenters. The molecule has 110 valence electrons. The molecule has 1 aromatic carbocycles. The van der Waals surface area contributed by atoms with Crippen LogP contribution in [-0.2, 0) is 4.74 Å². The van der Waals surface area contributed by atoms with Gasteiger partial charge in [-0.05, 0) is 25.1 Å². The van der Waals surface area contributed by atoms with Crippen LogP contribution in [-0.4, -0.2) is 56.8 Å². The molecule has 2 rings (SSSR count). The highest BCUT2D eigenvalue weighted by molar-refractivity contribution is 5.94. The lowest BCUT2D eigenvalue weighted by molar-refractivity contribution is 0.0708. The summed E-state index contributed by atoms with van der Waals surface area (Å²) in [4.78, 5) is 14.3. The minimum atomic E-state index is 0.0653. The predicted octanol–water partition coefficient (Wildman–Crippen LogP) is 1.15. The standard InChI is InChI=1S/C15H22N2O3/c1-12-11-17(7-6-16-12)15(18)13-4-3-5-14(10-13)20-9-8-19-2/h3-5,10,12,16H,6-9,11H2,1-2H3/t12-/m1/s1. The summed E-state index contributed by atoms with van der Waals surface area (Å²) in [6, 6.07) is 7.67. The van der Waals surface area contributed by atoms with Crippen LogP contribution >= 0.6 is 0 Å². The van der Waals surface area contributed by atoms with Gasteiger partial charge < -0.3 is 19.7 Å². The number of ether oxygens (including phenoxy) is 2. The first-order valence-corrected chi connectivity index (χ1v) is 6.95. The summed E-state index contributed by atoms with van der Waals surface area (Å²) in [5.41, 5.74) is 0.675. The van der Waals surface area contributed by atoms with Crippen molar-refractivity contribution < 1.29 is 14.3 Å². The van der Waals surface area contributed by atoms with E-state index in [2.05, 4.69) is 12.2 Å². The number of carbonyl (C=O) groups is 1. The van der Waals surface area contributed by atoms with Crippen LogP contribution in [0, 0.1) is 0 Å². The van der Waals surface area contributed by atoms with Crippen molar-refractivity contribution in [1.29, 1.82) is 0 Å². The molecular weight excluding hydrogens is 256 g/mol. The summed E-state index contributed by atoms with van der Waals surface area (Å²) in [6.45, 7) is 5.44. The molecule has 1 atom stereocenters. The van der Waals surface area contributed by atoms with Crippen LogP contribution in [0.5, 0.6) is 5.75 Å². The quantitative estimate of drug-likeness (QED) is 0.821. The van der Waals surface area contributed by atoms with E-state index in [0.717, 1.165) is 19.6 Å². The highest BCUT2D eigenvalue weighted by Crippen LogP contribution is 2.16. The second-order valence-corrected chi connectivity index (χ2v) is 4.98. The van der Waals surface area contributed by atoms with E-state index in [-0.39, 0.29) is 5.91 Å². The van der Waals surface area contributed by atoms with E-state index in [4.69, 9.17) is 9.47 Å². The Morgan fingerprint density at radius 1 is 1.45 bits per heavy atom. The lowest BCUT2D eigenvalue weighted by Gasteiger charge is -2.32. The van der Waals surface area contributed by atoms with E-state index in [1.54, 1.807) is 13.2 Å². The molecule has 1 saturated heterocycles. The third-order valence-electron chi connectivity index (χ3n) is 3.29. The molecule has 0 saturated carbocycles. The van der Waals surface area contributed by atoms with E-state index in [1.165, 1.54) is 0 Å². The van der Waals surface area contributed by atoms with Crippen LogP contribution in [0.25, 0.3) is 0 Å². The fourth-order valence-corrected chi connectivity index (χ4v) is 2.26. The van der Waals surface area contributed by atoms with Gasteiger partial charge in [0.2, 0.25) is 0 Å². The molecule has 5 heteroatoms. The van der Waals surface area contributed by atoms with Crippen LogP contribution in [0.2, 0.25) is 0 Å². The normalized spacial score (nSPS) is 18.9. The van der Waals surface area contributed by atoms with Gasteiger partial charge in [-0.1, -0.05) is 6.07 Å². The van der Waals surface area contributed by atoms with E-state index >= 15 is 0 Å². The smallest absolute Gasteiger partial charge is 0.254 e. The van der Waals surface area contributed by atoms with Gasteiger partial charge in [-0.2, -0.15) is 0 Å². The Morgan fingerprint density at radius 3 is 3.05 bits per heavy atom. The first kappa shape index (κ1) is 14.8. The van der Waals surface area contributed by atoms with Gasteiger partial charge in [0.1, 0.15) is 12.4 Å². The number of rotatable bonds is 5. The lowest BCUT2D eigenvalue weighted by Crippen LogP contribution is -2.51. The van der Waals surface area contributed by atoms with Crippen molar-refractivity contribution in [3.05, 3.63) is 29.8 Å². The van der Waals surface area contributed by atoms with Gasteiger partial charge in [0.25, 0.3) is 5.91 Å². The van der Waals surface area contributed by atoms with Crippen LogP contribution in [0.4, 0.5) is 0 Å². The van der Waals surface area contributed by atoms with E-state index in [1.807, 2.05) is 23.1 Å². The Balaban J connectivity index is 2.00. The number of nitrogens with one attached hydrogen (secondary N) is 1. The first-order chi connectivity index (χ1) is 9.70. The second-order valence-electron chi connectivity index (χ2n) is 4.98. The maximum atomic E-state index is 12.4. The molecule has 1 amide bonds. The summed E-state index contributed by atoms with van der Waals surface area (Å²) < 4.78 is 10.5. The van der Waals surface area contributed by atoms with Gasteiger partial charge in [0.05, 0.1) is 6.61 Å². The summed E-state index contributed by atoms with van der Waals surface area (Å²) in [5.74, 6) is 0.770. The van der Waals surface area contributed by atoms with Gasteiger partial charge in [0, 0.05) is 38.3 Å². The number of piperazine rings is 1. The van der Waals surface area contributed by atoms with Crippen molar-refractivity contribution in [3.63, 3.8) is 0 Å². The van der Waals surface area contributed by atoms with Crippen molar-refractivity contribution in [3.8, 4) is 5.75 Å². The minimum absolute atomic E-state index is 0.0653. The highest BCUT2D eigenvalue weighted by Gasteiger charge is 2.21. The topological polar surface area (TPSA) is 50.8 Å². The van der Waals surface area contributed by atoms with Gasteiger partial charge in [-0.3, -0.25) is 4.79 Å². The number of hydrogen-bond donors (Lipinski definition) is 1. The van der Waals surface area contributed by atoms with Crippen LogP contribution in [0.15, 0.2) is 24.3 Å². The van der Waals surface area contributed by atoms with E-state index in [9.17, 15) is 4.79 Å². The number of nitrogens with zero attached hydrogens (tertiary/aromatic N) is 1. The van der Waals surface area contributed by atoms with Crippen molar-refractivity contribution in [2.24, 2.45) is 0 Å². The number of benzene rings is 1. The minimum Gasteiger partial charge on any atom is -0.491 e. The third kappa shape index (κ3) is 3.95. The molecule has 1 aliphatic rings. The average molecular weight is 278 g/mol. The molecule has 5 nitrogen and oxygen atoms in total. The van der Waals surface area contributed by atoms with Gasteiger partial charge in [-0.25, -0.2) is 0 Å². The molecule has 1 N–H and O–H groups in total. The molecule has 0 bridgehead atoms. The van der Waals surface area contributed by atoms with Crippen molar-refractivity contribution in [2.75, 3.05) is 40.0 Å². The zero-order chi connectivity index (χ0) is 14.4. The van der Waals surface area contributed by atoms with E-state index < -0.39 is 0 Å². The fourth-order valence-electron chi connectivity index (χ4n) is 2.26. The number of methoxy groups -OCH3 is 1. The molecule has 1 fully saturated rings. The SMILES string of the molecule is COCCOc1cccc(C(=O)N2CCN[C@H](C)C2)c1. The van der Waals surface area contributed by atoms with Crippen molar-refractivity contribution >= 4 is 5.91 Å². The molecule has 1 heterocycles. The van der Waals surface area contributed by atoms with E-state index in [0.29, 0.717) is 30.6 Å². The molecule has 0 radical (unpaired) electrons. The maximum Gasteiger partial charge on any atom is 0.254 e. The average Bonchev–Trinajstić information content (AvgIpc) is 2.47. The largest absolute Gasteiger partial charge is 0.491 e. The number of amides is 1. The Kier molecular flexibility index (Phi) is 5.38. The maximum absolute atomic E-state index is 12.4. The fraction of sp³-hybridized carbons (Fsp3) is 0.533. The van der Waals surface area contributed by atoms with Crippen LogP contribution in [0.3, 0.4) is 0 Å². The van der Waals surface area contributed by atoms with Crippen LogP contribution < -0.4 is 10.1 Å². The molecule has 0 aliphatic carbocycles. The zero-order valence-electron chi connectivity index (χ0n) is 12.1. The Bertz CT molecular complexity index is 450. The zero-order valence-corrected chi connectivity index (χ0v) is 12.1. The number of hydrogen-bond acceptors (Lipinski definition) is 4. The summed E-state index contributed by atoms with van der Waals surface area (Å²) in [7, 11) is 1.63. The van der Waals surface area contributed by atoms with Crippen molar-refractivity contribution in [2.45, 2.75) is 13.0 Å². The summed E-state index contributed by atoms with van der Waals surface area (Å²) in [5, 5.41) is 3.33. The van der Waals surface area contributed by atoms with Gasteiger partial charge in [-0.15, -0.1) is 0 Å². The lowest BCUT2D eigenvalue weighted by atomic mass is 10.1. The molecule has 20 heavy (non-hydrogen) atoms. The Hall–Kier alpha value is -1.59. The monoisotopic (exact) mass is 278 g/mol. The Morgan fingerprint density at radius 2 is 2.30 bits per heavy atom. The molecular formula is C15H22N2O3. The van der Waals surface area contributed by atoms with Gasteiger partial charge in [0.15, 0.2) is 0 Å². The molecule has 0 aromatic heterocycles. The second kappa shape index (κ2) is 7.26. The number of carbonyl (C=O) groups excluding carboxylic acids is 1. The summed E-state index contributed by atoms with van der Waals surface area (Å²) >= 11 is 0. The van der Waals surface area contributed by atoms with Crippen molar-refractivity contribution in [1.82, 2.24) is 10.2 Å². The first-order valence-electron chi connectivity index (χ1n) is 6.95. The predicted molar refractivity (Wildman–Crippen MR) is 77.2 cm³/mol. The highest BCUT2D eigenvalue weighted by atomic mass is 16.5. The third-order valence-corrected chi connectivity index (χ3v) is 3.29. The summed E-state index contributed by atoms with van der Waals surface area (Å²) in [6.07, 6.45) is 0.